The van der Waals surface area contributed by atoms with Gasteiger partial charge in [0.15, 0.2) is 0 Å². The lowest BCUT2D eigenvalue weighted by atomic mass is 9.66. The number of hydrogen-bond acceptors (Lipinski definition) is 5. The molecule has 196 valence electrons. The lowest BCUT2D eigenvalue weighted by Crippen LogP contribution is -2.54. The second-order valence-corrected chi connectivity index (χ2v) is 12.9. The van der Waals surface area contributed by atoms with Crippen molar-refractivity contribution in [1.29, 1.82) is 0 Å². The van der Waals surface area contributed by atoms with Gasteiger partial charge in [-0.15, -0.1) is 11.8 Å². The second-order valence-electron chi connectivity index (χ2n) is 10.6. The Morgan fingerprint density at radius 2 is 1.89 bits per heavy atom. The number of aliphatic hydroxyl groups is 1. The van der Waals surface area contributed by atoms with Gasteiger partial charge in [0.1, 0.15) is 6.04 Å². The molecule has 7 nitrogen and oxygen atoms in total. The van der Waals surface area contributed by atoms with Gasteiger partial charge in [-0.2, -0.15) is 0 Å². The van der Waals surface area contributed by atoms with Crippen LogP contribution in [0.3, 0.4) is 0 Å². The van der Waals surface area contributed by atoms with E-state index in [2.05, 4.69) is 10.6 Å². The molecule has 3 N–H and O–H groups in total. The molecule has 0 radical (unpaired) electrons. The fraction of sp³-hybridized carbons (Fsp3) is 0.464. The van der Waals surface area contributed by atoms with Crippen LogP contribution in [0.1, 0.15) is 37.8 Å². The molecular weight excluding hydrogens is 510 g/mol. The predicted molar refractivity (Wildman–Crippen MR) is 145 cm³/mol. The first-order valence-corrected chi connectivity index (χ1v) is 13.8. The maximum absolute atomic E-state index is 14.0. The van der Waals surface area contributed by atoms with Gasteiger partial charge in [0.05, 0.1) is 39.9 Å². The van der Waals surface area contributed by atoms with Crippen molar-refractivity contribution in [2.45, 2.75) is 61.7 Å². The van der Waals surface area contributed by atoms with Crippen LogP contribution in [0.2, 0.25) is 5.02 Å². The summed E-state index contributed by atoms with van der Waals surface area (Å²) in [7, 11) is 0. The average molecular weight is 542 g/mol. The maximum Gasteiger partial charge on any atom is 0.248 e. The molecule has 2 aromatic carbocycles. The Labute approximate surface area is 226 Å². The normalized spacial score (nSPS) is 30.8. The van der Waals surface area contributed by atoms with E-state index in [9.17, 15) is 19.5 Å². The molecule has 0 aliphatic carbocycles. The third-order valence-electron chi connectivity index (χ3n) is 8.26. The maximum atomic E-state index is 14.0. The molecule has 3 saturated heterocycles. The zero-order valence-corrected chi connectivity index (χ0v) is 22.7. The molecule has 1 spiro atoms. The number of halogens is 1. The Balaban J connectivity index is 1.49. The Morgan fingerprint density at radius 3 is 2.57 bits per heavy atom. The number of fused-ring (bicyclic) bond motifs is 1. The third-order valence-corrected chi connectivity index (χ3v) is 10.6. The zero-order chi connectivity index (χ0) is 26.5. The van der Waals surface area contributed by atoms with Crippen LogP contribution in [0.4, 0.5) is 5.69 Å². The van der Waals surface area contributed by atoms with E-state index in [-0.39, 0.29) is 24.3 Å². The van der Waals surface area contributed by atoms with Gasteiger partial charge in [0.25, 0.3) is 0 Å². The number of rotatable bonds is 7. The number of likely N-dealkylation sites (tertiary alicyclic amines) is 1. The van der Waals surface area contributed by atoms with E-state index in [0.29, 0.717) is 23.7 Å². The number of para-hydroxylation sites is 1. The summed E-state index contributed by atoms with van der Waals surface area (Å²) in [5.74, 6) is -1.97. The number of nitrogens with one attached hydrogen (secondary N) is 2. The summed E-state index contributed by atoms with van der Waals surface area (Å²) in [5.41, 5.74) is 2.31. The van der Waals surface area contributed by atoms with Crippen molar-refractivity contribution in [2.75, 3.05) is 11.9 Å². The second kappa shape index (κ2) is 9.64. The third kappa shape index (κ3) is 4.14. The minimum atomic E-state index is -0.832. The Morgan fingerprint density at radius 1 is 1.16 bits per heavy atom. The predicted octanol–water partition coefficient (Wildman–Crippen LogP) is 3.77. The first kappa shape index (κ1) is 26.1. The molecule has 3 heterocycles. The molecule has 3 fully saturated rings. The van der Waals surface area contributed by atoms with Crippen molar-refractivity contribution in [1.82, 2.24) is 10.2 Å². The van der Waals surface area contributed by atoms with Crippen LogP contribution in [0, 0.1) is 18.8 Å². The van der Waals surface area contributed by atoms with Crippen molar-refractivity contribution in [3.8, 4) is 0 Å². The molecular formula is C28H32ClN3O4S. The summed E-state index contributed by atoms with van der Waals surface area (Å²) < 4.78 is -1.22. The summed E-state index contributed by atoms with van der Waals surface area (Å²) in [4.78, 5) is 43.1. The van der Waals surface area contributed by atoms with Gasteiger partial charge in [0, 0.05) is 11.3 Å². The van der Waals surface area contributed by atoms with Gasteiger partial charge in [-0.05, 0) is 50.8 Å². The number of amides is 3. The number of aryl methyl sites for hydroxylation is 1. The summed E-state index contributed by atoms with van der Waals surface area (Å²) in [6.45, 7) is 5.73. The van der Waals surface area contributed by atoms with E-state index >= 15 is 0 Å². The fourth-order valence-corrected chi connectivity index (χ4v) is 9.11. The summed E-state index contributed by atoms with van der Waals surface area (Å²) >= 11 is 8.00. The smallest absolute Gasteiger partial charge is 0.248 e. The first-order chi connectivity index (χ1) is 17.6. The number of benzene rings is 2. The van der Waals surface area contributed by atoms with E-state index in [1.54, 1.807) is 24.8 Å². The number of anilines is 1. The molecule has 6 atom stereocenters. The average Bonchev–Trinajstić information content (AvgIpc) is 3.45. The topological polar surface area (TPSA) is 98.7 Å². The largest absolute Gasteiger partial charge is 0.394 e. The molecule has 3 aliphatic heterocycles. The lowest BCUT2D eigenvalue weighted by Gasteiger charge is -2.36. The zero-order valence-electron chi connectivity index (χ0n) is 21.2. The highest BCUT2D eigenvalue weighted by Crippen LogP contribution is 2.71. The van der Waals surface area contributed by atoms with Gasteiger partial charge < -0.3 is 20.6 Å². The van der Waals surface area contributed by atoms with Crippen LogP contribution in [0.15, 0.2) is 48.5 Å². The summed E-state index contributed by atoms with van der Waals surface area (Å²) in [5, 5.41) is 16.5. The van der Waals surface area contributed by atoms with E-state index in [4.69, 9.17) is 11.6 Å². The molecule has 3 aliphatic rings. The van der Waals surface area contributed by atoms with Crippen LogP contribution in [-0.2, 0) is 20.9 Å². The van der Waals surface area contributed by atoms with Crippen LogP contribution < -0.4 is 10.6 Å². The fourth-order valence-electron chi connectivity index (χ4n) is 6.50. The molecule has 3 amide bonds. The Bertz CT molecular complexity index is 1220. The SMILES string of the molecule is Cc1cccc(Cl)c1NC(=O)C1N([C@H](C)CO)C(=O)[C@@H]2[C@H](C(=O)NCc3ccccc3)[C@]3(C)CCC12S3. The minimum absolute atomic E-state index is 0.168. The van der Waals surface area contributed by atoms with E-state index < -0.39 is 33.4 Å². The van der Waals surface area contributed by atoms with Gasteiger partial charge in [0.2, 0.25) is 17.7 Å². The van der Waals surface area contributed by atoms with Crippen LogP contribution >= 0.6 is 23.4 Å². The molecule has 5 rings (SSSR count). The van der Waals surface area contributed by atoms with E-state index in [0.717, 1.165) is 17.5 Å². The number of nitrogens with zero attached hydrogens (tertiary/aromatic N) is 1. The Kier molecular flexibility index (Phi) is 6.79. The number of carbonyl (C=O) groups excluding carboxylic acids is 3. The van der Waals surface area contributed by atoms with E-state index in [1.165, 1.54) is 4.90 Å². The van der Waals surface area contributed by atoms with Gasteiger partial charge in [-0.1, -0.05) is 54.1 Å². The molecule has 37 heavy (non-hydrogen) atoms. The summed E-state index contributed by atoms with van der Waals surface area (Å²) in [6, 6.07) is 13.6. The molecule has 0 saturated carbocycles. The molecule has 0 aromatic heterocycles. The van der Waals surface area contributed by atoms with Gasteiger partial charge in [-0.25, -0.2) is 0 Å². The van der Waals surface area contributed by atoms with Crippen LogP contribution in [0.25, 0.3) is 0 Å². The monoisotopic (exact) mass is 541 g/mol. The minimum Gasteiger partial charge on any atom is -0.394 e. The van der Waals surface area contributed by atoms with Crippen molar-refractivity contribution in [3.63, 3.8) is 0 Å². The van der Waals surface area contributed by atoms with Crippen LogP contribution in [-0.4, -0.2) is 55.9 Å². The molecule has 2 bridgehead atoms. The molecule has 2 unspecified atom stereocenters. The first-order valence-electron chi connectivity index (χ1n) is 12.6. The molecule has 2 aromatic rings. The van der Waals surface area contributed by atoms with Crippen LogP contribution in [0.5, 0.6) is 0 Å². The molecule has 9 heteroatoms. The highest BCUT2D eigenvalue weighted by Gasteiger charge is 2.77. The highest BCUT2D eigenvalue weighted by atomic mass is 35.5. The number of hydrogen-bond donors (Lipinski definition) is 3. The van der Waals surface area contributed by atoms with Crippen molar-refractivity contribution >= 4 is 46.8 Å². The van der Waals surface area contributed by atoms with Crippen molar-refractivity contribution < 1.29 is 19.5 Å². The quantitative estimate of drug-likeness (QED) is 0.496. The van der Waals surface area contributed by atoms with Gasteiger partial charge >= 0.3 is 0 Å². The number of carbonyl (C=O) groups is 3. The summed E-state index contributed by atoms with van der Waals surface area (Å²) in [6.07, 6.45) is 1.36. The lowest BCUT2D eigenvalue weighted by molar-refractivity contribution is -0.142. The number of aliphatic hydroxyl groups excluding tert-OH is 1. The standard InChI is InChI=1S/C28H32ClN3O4S/c1-16-8-7-11-19(29)22(16)31-25(35)23-28-13-12-27(3,37-28)20(21(28)26(36)32(23)17(2)15-33)24(34)30-14-18-9-5-4-6-10-18/h4-11,17,20-21,23,33H,12-15H2,1-3H3,(H,30,34)(H,31,35)/t17-,20-,21+,23?,27+,28?/m1/s1. The Hall–Kier alpha value is -2.55. The van der Waals surface area contributed by atoms with Crippen molar-refractivity contribution in [2.24, 2.45) is 11.8 Å². The van der Waals surface area contributed by atoms with Crippen molar-refractivity contribution in [3.05, 3.63) is 64.7 Å². The number of thioether (sulfide) groups is 1. The van der Waals surface area contributed by atoms with E-state index in [1.807, 2.05) is 56.3 Å². The highest BCUT2D eigenvalue weighted by molar-refractivity contribution is 8.02. The van der Waals surface area contributed by atoms with Gasteiger partial charge in [-0.3, -0.25) is 14.4 Å².